The van der Waals surface area contributed by atoms with Crippen molar-refractivity contribution >= 4 is 21.8 Å². The number of benzene rings is 1. The van der Waals surface area contributed by atoms with Gasteiger partial charge in [0.05, 0.1) is 6.61 Å². The molecule has 0 heterocycles. The van der Waals surface area contributed by atoms with Gasteiger partial charge in [-0.2, -0.15) is 16.1 Å². The largest absolute Gasteiger partial charge is 0.392 e. The summed E-state index contributed by atoms with van der Waals surface area (Å²) in [5.41, 5.74) is 0.00777. The summed E-state index contributed by atoms with van der Waals surface area (Å²) in [7, 11) is -2.83. The van der Waals surface area contributed by atoms with Gasteiger partial charge in [-0.1, -0.05) is 0 Å². The lowest BCUT2D eigenvalue weighted by molar-refractivity contribution is 0.280. The van der Waals surface area contributed by atoms with E-state index in [0.717, 1.165) is 16.4 Å². The highest BCUT2D eigenvalue weighted by Gasteiger charge is 2.29. The highest BCUT2D eigenvalue weighted by atomic mass is 32.2. The van der Waals surface area contributed by atoms with E-state index in [1.807, 2.05) is 6.26 Å². The predicted octanol–water partition coefficient (Wildman–Crippen LogP) is 1.83. The Labute approximate surface area is 121 Å². The fourth-order valence-electron chi connectivity index (χ4n) is 1.63. The minimum atomic E-state index is -4.15. The lowest BCUT2D eigenvalue weighted by Gasteiger charge is -2.24. The lowest BCUT2D eigenvalue weighted by Crippen LogP contribution is -2.37. The molecule has 0 aliphatic carbocycles. The van der Waals surface area contributed by atoms with Crippen molar-refractivity contribution in [3.8, 4) is 0 Å². The number of aliphatic hydroxyl groups excluding tert-OH is 1. The maximum absolute atomic E-state index is 13.8. The fraction of sp³-hybridized carbons (Fsp3) is 0.500. The Balaban J connectivity index is 3.31. The maximum atomic E-state index is 13.8. The zero-order valence-corrected chi connectivity index (χ0v) is 13.1. The Kier molecular flexibility index (Phi) is 5.93. The smallest absolute Gasteiger partial charge is 0.246 e. The van der Waals surface area contributed by atoms with E-state index in [4.69, 9.17) is 5.11 Å². The molecule has 1 aromatic rings. The van der Waals surface area contributed by atoms with Crippen molar-refractivity contribution in [2.75, 3.05) is 19.1 Å². The van der Waals surface area contributed by atoms with Crippen LogP contribution in [0.1, 0.15) is 12.5 Å². The molecule has 0 bridgehead atoms. The topological polar surface area (TPSA) is 57.6 Å². The summed E-state index contributed by atoms with van der Waals surface area (Å²) in [5, 5.41) is 8.97. The molecule has 1 unspecified atom stereocenters. The minimum absolute atomic E-state index is 0.00777. The van der Waals surface area contributed by atoms with Gasteiger partial charge < -0.3 is 5.11 Å². The van der Waals surface area contributed by atoms with Gasteiger partial charge in [0.2, 0.25) is 10.0 Å². The third-order valence-corrected chi connectivity index (χ3v) is 5.71. The van der Waals surface area contributed by atoms with E-state index in [0.29, 0.717) is 5.75 Å². The molecule has 8 heteroatoms. The number of hydrogen-bond acceptors (Lipinski definition) is 4. The number of nitrogens with zero attached hydrogens (tertiary/aromatic N) is 1. The van der Waals surface area contributed by atoms with Gasteiger partial charge in [-0.3, -0.25) is 0 Å². The molecule has 0 saturated heterocycles. The van der Waals surface area contributed by atoms with Crippen molar-refractivity contribution in [1.82, 2.24) is 4.31 Å². The molecule has 20 heavy (non-hydrogen) atoms. The molecule has 0 spiro atoms. The molecule has 1 atom stereocenters. The van der Waals surface area contributed by atoms with E-state index in [1.54, 1.807) is 6.92 Å². The summed E-state index contributed by atoms with van der Waals surface area (Å²) in [6, 6.07) is 1.37. The Bertz CT molecular complexity index is 578. The average Bonchev–Trinajstić information content (AvgIpc) is 2.40. The summed E-state index contributed by atoms with van der Waals surface area (Å²) in [4.78, 5) is -0.753. The molecule has 1 aromatic carbocycles. The average molecular weight is 325 g/mol. The predicted molar refractivity (Wildman–Crippen MR) is 75.1 cm³/mol. The maximum Gasteiger partial charge on any atom is 0.246 e. The number of halogens is 2. The van der Waals surface area contributed by atoms with Crippen molar-refractivity contribution in [3.63, 3.8) is 0 Å². The van der Waals surface area contributed by atoms with Gasteiger partial charge in [-0.25, -0.2) is 17.2 Å². The van der Waals surface area contributed by atoms with Crippen LogP contribution in [0.2, 0.25) is 0 Å². The lowest BCUT2D eigenvalue weighted by atomic mass is 10.2. The second kappa shape index (κ2) is 6.84. The SMILES string of the molecule is CSCC(C)N(C)S(=O)(=O)c1cc(CO)cc(F)c1F. The molecular formula is C12H17F2NO3S2. The van der Waals surface area contributed by atoms with Crippen LogP contribution in [-0.4, -0.2) is 42.9 Å². The first-order chi connectivity index (χ1) is 9.25. The van der Waals surface area contributed by atoms with Crippen LogP contribution in [0.5, 0.6) is 0 Å². The van der Waals surface area contributed by atoms with Crippen LogP contribution in [0.25, 0.3) is 0 Å². The van der Waals surface area contributed by atoms with Crippen LogP contribution >= 0.6 is 11.8 Å². The van der Waals surface area contributed by atoms with E-state index in [1.165, 1.54) is 18.8 Å². The van der Waals surface area contributed by atoms with Gasteiger partial charge in [0, 0.05) is 18.8 Å². The van der Waals surface area contributed by atoms with Crippen LogP contribution < -0.4 is 0 Å². The third-order valence-electron chi connectivity index (χ3n) is 2.92. The van der Waals surface area contributed by atoms with Crippen LogP contribution in [0.15, 0.2) is 17.0 Å². The molecule has 0 aliphatic rings. The second-order valence-electron chi connectivity index (χ2n) is 4.37. The third kappa shape index (κ3) is 3.49. The fourth-order valence-corrected chi connectivity index (χ4v) is 3.92. The van der Waals surface area contributed by atoms with Crippen LogP contribution in [0.3, 0.4) is 0 Å². The molecule has 0 fully saturated rings. The summed E-state index contributed by atoms with van der Waals surface area (Å²) in [6.07, 6.45) is 1.82. The van der Waals surface area contributed by atoms with Crippen LogP contribution in [0, 0.1) is 11.6 Å². The highest BCUT2D eigenvalue weighted by Crippen LogP contribution is 2.24. The van der Waals surface area contributed by atoms with Gasteiger partial charge >= 0.3 is 0 Å². The van der Waals surface area contributed by atoms with E-state index in [9.17, 15) is 17.2 Å². The van der Waals surface area contributed by atoms with Crippen molar-refractivity contribution in [3.05, 3.63) is 29.3 Å². The van der Waals surface area contributed by atoms with Gasteiger partial charge in [0.1, 0.15) is 4.90 Å². The molecule has 4 nitrogen and oxygen atoms in total. The summed E-state index contributed by atoms with van der Waals surface area (Å²) >= 11 is 1.45. The Morgan fingerprint density at radius 1 is 1.40 bits per heavy atom. The second-order valence-corrected chi connectivity index (χ2v) is 7.25. The molecular weight excluding hydrogens is 308 g/mol. The summed E-state index contributed by atoms with van der Waals surface area (Å²) < 4.78 is 52.8. The van der Waals surface area contributed by atoms with Gasteiger partial charge in [-0.15, -0.1) is 0 Å². The monoisotopic (exact) mass is 325 g/mol. The van der Waals surface area contributed by atoms with Crippen LogP contribution in [-0.2, 0) is 16.6 Å². The summed E-state index contributed by atoms with van der Waals surface area (Å²) in [5.74, 6) is -2.19. The zero-order chi connectivity index (χ0) is 15.5. The first-order valence-corrected chi connectivity index (χ1v) is 8.64. The normalized spacial score (nSPS) is 13.8. The molecule has 0 saturated carbocycles. The number of thioether (sulfide) groups is 1. The minimum Gasteiger partial charge on any atom is -0.392 e. The van der Waals surface area contributed by atoms with Crippen molar-refractivity contribution < 1.29 is 22.3 Å². The Morgan fingerprint density at radius 3 is 2.50 bits per heavy atom. The first-order valence-electron chi connectivity index (χ1n) is 5.81. The number of sulfonamides is 1. The van der Waals surface area contributed by atoms with Gasteiger partial charge in [0.15, 0.2) is 11.6 Å². The van der Waals surface area contributed by atoms with Gasteiger partial charge in [0.25, 0.3) is 0 Å². The van der Waals surface area contributed by atoms with E-state index in [-0.39, 0.29) is 11.6 Å². The molecule has 0 amide bonds. The number of hydrogen-bond donors (Lipinski definition) is 1. The Hall–Kier alpha value is -0.700. The highest BCUT2D eigenvalue weighted by molar-refractivity contribution is 7.98. The van der Waals surface area contributed by atoms with E-state index >= 15 is 0 Å². The van der Waals surface area contributed by atoms with E-state index in [2.05, 4.69) is 0 Å². The summed E-state index contributed by atoms with van der Waals surface area (Å²) in [6.45, 7) is 1.11. The molecule has 0 radical (unpaired) electrons. The van der Waals surface area contributed by atoms with Crippen molar-refractivity contribution in [2.24, 2.45) is 0 Å². The van der Waals surface area contributed by atoms with Crippen LogP contribution in [0.4, 0.5) is 8.78 Å². The van der Waals surface area contributed by atoms with Crippen molar-refractivity contribution in [1.29, 1.82) is 0 Å². The number of aliphatic hydroxyl groups is 1. The zero-order valence-electron chi connectivity index (χ0n) is 11.4. The Morgan fingerprint density at radius 2 is 2.00 bits per heavy atom. The molecule has 1 N–H and O–H groups in total. The van der Waals surface area contributed by atoms with Gasteiger partial charge in [-0.05, 0) is 30.9 Å². The molecule has 1 rings (SSSR count). The standard InChI is InChI=1S/C12H17F2NO3S2/c1-8(7-19-3)15(2)20(17,18)11-5-9(6-16)4-10(13)12(11)14/h4-5,8,16H,6-7H2,1-3H3. The molecule has 0 aliphatic heterocycles. The van der Waals surface area contributed by atoms with E-state index < -0.39 is 33.2 Å². The number of rotatable bonds is 6. The quantitative estimate of drug-likeness (QED) is 0.867. The van der Waals surface area contributed by atoms with Crippen molar-refractivity contribution in [2.45, 2.75) is 24.5 Å². The first kappa shape index (κ1) is 17.4. The molecule has 0 aromatic heterocycles. The molecule has 114 valence electrons.